The van der Waals surface area contributed by atoms with Gasteiger partial charge in [0.25, 0.3) is 0 Å². The summed E-state index contributed by atoms with van der Waals surface area (Å²) in [5.74, 6) is -1.04. The standard InChI is InChI=1S/C14H25N3O4/c1-14(2,12(19)20)10-5-4-7-17(9-10)8-6-11(18)16-13(21)15-3/h10H,4-9H2,1-3H3,(H,19,20)(H2,15,16,18,21). The minimum absolute atomic E-state index is 0.0748. The van der Waals surface area contributed by atoms with Gasteiger partial charge < -0.3 is 15.3 Å². The van der Waals surface area contributed by atoms with E-state index >= 15 is 0 Å². The molecular weight excluding hydrogens is 274 g/mol. The summed E-state index contributed by atoms with van der Waals surface area (Å²) < 4.78 is 0. The third-order valence-electron chi connectivity index (χ3n) is 4.21. The van der Waals surface area contributed by atoms with Crippen molar-refractivity contribution in [3.05, 3.63) is 0 Å². The number of likely N-dealkylation sites (tertiary alicyclic amines) is 1. The predicted molar refractivity (Wildman–Crippen MR) is 77.8 cm³/mol. The number of carbonyl (C=O) groups is 3. The van der Waals surface area contributed by atoms with Crippen molar-refractivity contribution in [2.24, 2.45) is 11.3 Å². The molecule has 7 heteroatoms. The van der Waals surface area contributed by atoms with Crippen molar-refractivity contribution in [1.29, 1.82) is 0 Å². The van der Waals surface area contributed by atoms with Crippen molar-refractivity contribution in [3.63, 3.8) is 0 Å². The molecular formula is C14H25N3O4. The first-order chi connectivity index (χ1) is 9.77. The molecule has 7 nitrogen and oxygen atoms in total. The number of urea groups is 1. The van der Waals surface area contributed by atoms with Gasteiger partial charge in [0.05, 0.1) is 5.41 Å². The maximum atomic E-state index is 11.5. The van der Waals surface area contributed by atoms with Crippen LogP contribution in [0.3, 0.4) is 0 Å². The lowest BCUT2D eigenvalue weighted by molar-refractivity contribution is -0.151. The molecule has 1 aliphatic rings. The van der Waals surface area contributed by atoms with Gasteiger partial charge in [0.15, 0.2) is 0 Å². The second kappa shape index (κ2) is 7.40. The molecule has 0 aromatic rings. The van der Waals surface area contributed by atoms with Gasteiger partial charge >= 0.3 is 12.0 Å². The molecule has 1 heterocycles. The molecule has 0 radical (unpaired) electrons. The topological polar surface area (TPSA) is 98.7 Å². The summed E-state index contributed by atoms with van der Waals surface area (Å²) in [5, 5.41) is 13.8. The average Bonchev–Trinajstić information content (AvgIpc) is 2.45. The Morgan fingerprint density at radius 2 is 2.00 bits per heavy atom. The number of carbonyl (C=O) groups excluding carboxylic acids is 2. The molecule has 1 atom stereocenters. The van der Waals surface area contributed by atoms with Crippen LogP contribution in [0.1, 0.15) is 33.1 Å². The maximum absolute atomic E-state index is 11.5. The summed E-state index contributed by atoms with van der Waals surface area (Å²) in [6.45, 7) is 5.57. The third kappa shape index (κ3) is 5.00. The molecule has 0 aromatic carbocycles. The molecule has 0 bridgehead atoms. The summed E-state index contributed by atoms with van der Waals surface area (Å²) in [5.41, 5.74) is -0.761. The highest BCUT2D eigenvalue weighted by Crippen LogP contribution is 2.34. The Labute approximate surface area is 125 Å². The summed E-state index contributed by atoms with van der Waals surface area (Å²) in [6, 6.07) is -0.511. The van der Waals surface area contributed by atoms with Crippen LogP contribution in [-0.4, -0.2) is 54.6 Å². The number of aliphatic carboxylic acids is 1. The van der Waals surface area contributed by atoms with E-state index in [4.69, 9.17) is 0 Å². The Hall–Kier alpha value is -1.63. The normalized spacial score (nSPS) is 19.9. The van der Waals surface area contributed by atoms with Crippen LogP contribution in [0.15, 0.2) is 0 Å². The number of carboxylic acids is 1. The van der Waals surface area contributed by atoms with Crippen molar-refractivity contribution in [2.45, 2.75) is 33.1 Å². The molecule has 1 unspecified atom stereocenters. The summed E-state index contributed by atoms with van der Waals surface area (Å²) in [7, 11) is 1.45. The number of imide groups is 1. The molecule has 0 spiro atoms. The quantitative estimate of drug-likeness (QED) is 0.692. The van der Waals surface area contributed by atoms with Gasteiger partial charge in [-0.25, -0.2) is 4.79 Å². The fraction of sp³-hybridized carbons (Fsp3) is 0.786. The number of piperidine rings is 1. The molecule has 1 fully saturated rings. The van der Waals surface area contributed by atoms with Gasteiger partial charge in [-0.1, -0.05) is 0 Å². The summed E-state index contributed by atoms with van der Waals surface area (Å²) >= 11 is 0. The Balaban J connectivity index is 2.45. The van der Waals surface area contributed by atoms with E-state index in [0.29, 0.717) is 13.1 Å². The molecule has 1 aliphatic heterocycles. The number of hydrogen-bond acceptors (Lipinski definition) is 4. The Morgan fingerprint density at radius 1 is 1.33 bits per heavy atom. The van der Waals surface area contributed by atoms with Crippen molar-refractivity contribution in [3.8, 4) is 0 Å². The zero-order valence-electron chi connectivity index (χ0n) is 12.9. The minimum atomic E-state index is -0.785. The van der Waals surface area contributed by atoms with E-state index in [9.17, 15) is 19.5 Å². The second-order valence-corrected chi connectivity index (χ2v) is 6.04. The highest BCUT2D eigenvalue weighted by molar-refractivity contribution is 5.94. The molecule has 0 aromatic heterocycles. The van der Waals surface area contributed by atoms with Crippen molar-refractivity contribution < 1.29 is 19.5 Å². The monoisotopic (exact) mass is 299 g/mol. The molecule has 1 saturated heterocycles. The predicted octanol–water partition coefficient (Wildman–Crippen LogP) is 0.655. The van der Waals surface area contributed by atoms with Crippen LogP contribution < -0.4 is 10.6 Å². The van der Waals surface area contributed by atoms with Crippen molar-refractivity contribution in [2.75, 3.05) is 26.7 Å². The zero-order chi connectivity index (χ0) is 16.0. The molecule has 0 saturated carbocycles. The zero-order valence-corrected chi connectivity index (χ0v) is 12.9. The van der Waals surface area contributed by atoms with Crippen LogP contribution in [0, 0.1) is 11.3 Å². The molecule has 3 amide bonds. The Kier molecular flexibility index (Phi) is 6.14. The molecule has 21 heavy (non-hydrogen) atoms. The Morgan fingerprint density at radius 3 is 2.57 bits per heavy atom. The first-order valence-electron chi connectivity index (χ1n) is 7.24. The van der Waals surface area contributed by atoms with E-state index in [0.717, 1.165) is 19.4 Å². The van der Waals surface area contributed by atoms with Crippen LogP contribution in [0.25, 0.3) is 0 Å². The fourth-order valence-electron chi connectivity index (χ4n) is 2.53. The first kappa shape index (κ1) is 17.4. The van der Waals surface area contributed by atoms with Gasteiger partial charge in [-0.15, -0.1) is 0 Å². The van der Waals surface area contributed by atoms with Crippen LogP contribution in [0.2, 0.25) is 0 Å². The van der Waals surface area contributed by atoms with Gasteiger partial charge in [-0.05, 0) is 39.2 Å². The lowest BCUT2D eigenvalue weighted by atomic mass is 9.74. The van der Waals surface area contributed by atoms with E-state index in [2.05, 4.69) is 15.5 Å². The van der Waals surface area contributed by atoms with E-state index < -0.39 is 17.4 Å². The molecule has 0 aliphatic carbocycles. The van der Waals surface area contributed by atoms with Gasteiger partial charge in [0.2, 0.25) is 5.91 Å². The average molecular weight is 299 g/mol. The number of rotatable bonds is 5. The van der Waals surface area contributed by atoms with Crippen molar-refractivity contribution >= 4 is 17.9 Å². The molecule has 3 N–H and O–H groups in total. The number of nitrogens with one attached hydrogen (secondary N) is 2. The van der Waals surface area contributed by atoms with Gasteiger partial charge in [0.1, 0.15) is 0 Å². The highest BCUT2D eigenvalue weighted by atomic mass is 16.4. The van der Waals surface area contributed by atoms with Gasteiger partial charge in [0, 0.05) is 26.6 Å². The minimum Gasteiger partial charge on any atom is -0.481 e. The first-order valence-corrected chi connectivity index (χ1v) is 7.24. The van der Waals surface area contributed by atoms with Crippen LogP contribution in [-0.2, 0) is 9.59 Å². The second-order valence-electron chi connectivity index (χ2n) is 6.04. The largest absolute Gasteiger partial charge is 0.481 e. The SMILES string of the molecule is CNC(=O)NC(=O)CCN1CCCC(C(C)(C)C(=O)O)C1. The van der Waals surface area contributed by atoms with E-state index in [1.165, 1.54) is 7.05 Å². The van der Waals surface area contributed by atoms with Gasteiger partial charge in [-0.3, -0.25) is 14.9 Å². The number of amides is 3. The van der Waals surface area contributed by atoms with Crippen molar-refractivity contribution in [1.82, 2.24) is 15.5 Å². The summed E-state index contributed by atoms with van der Waals surface area (Å²) in [6.07, 6.45) is 2.05. The highest BCUT2D eigenvalue weighted by Gasteiger charge is 2.38. The fourth-order valence-corrected chi connectivity index (χ4v) is 2.53. The third-order valence-corrected chi connectivity index (χ3v) is 4.21. The number of hydrogen-bond donors (Lipinski definition) is 3. The van der Waals surface area contributed by atoms with E-state index in [1.54, 1.807) is 13.8 Å². The molecule has 120 valence electrons. The smallest absolute Gasteiger partial charge is 0.321 e. The lowest BCUT2D eigenvalue weighted by Crippen LogP contribution is -2.46. The maximum Gasteiger partial charge on any atom is 0.321 e. The van der Waals surface area contributed by atoms with Crippen LogP contribution in [0.4, 0.5) is 4.79 Å². The van der Waals surface area contributed by atoms with E-state index in [-0.39, 0.29) is 18.2 Å². The lowest BCUT2D eigenvalue weighted by Gasteiger charge is -2.39. The van der Waals surface area contributed by atoms with Gasteiger partial charge in [-0.2, -0.15) is 0 Å². The van der Waals surface area contributed by atoms with E-state index in [1.807, 2.05) is 0 Å². The summed E-state index contributed by atoms with van der Waals surface area (Å²) in [4.78, 5) is 36.0. The van der Waals surface area contributed by atoms with Crippen LogP contribution >= 0.6 is 0 Å². The van der Waals surface area contributed by atoms with Crippen LogP contribution in [0.5, 0.6) is 0 Å². The number of nitrogens with zero attached hydrogens (tertiary/aromatic N) is 1. The Bertz CT molecular complexity index is 409. The number of carboxylic acid groups (broad SMARTS) is 1. The molecule has 1 rings (SSSR count).